The summed E-state index contributed by atoms with van der Waals surface area (Å²) in [4.78, 5) is 0. The molecular weight excluding hydrogens is 384 g/mol. The Morgan fingerprint density at radius 3 is 1.88 bits per heavy atom. The lowest BCUT2D eigenvalue weighted by atomic mass is 9.95. The van der Waals surface area contributed by atoms with Gasteiger partial charge in [0.1, 0.15) is 5.75 Å². The largest absolute Gasteiger partial charge is 0.497 e. The number of hydrogen-bond acceptors (Lipinski definition) is 1. The lowest BCUT2D eigenvalue weighted by molar-refractivity contribution is 0.415. The molecule has 0 unspecified atom stereocenters. The molecule has 0 saturated heterocycles. The zero-order valence-electron chi connectivity index (χ0n) is 13.2. The zero-order chi connectivity index (χ0) is 16.9. The minimum absolute atomic E-state index is 0.727. The van der Waals surface area contributed by atoms with Crippen LogP contribution in [-0.4, -0.2) is 7.11 Å². The van der Waals surface area contributed by atoms with E-state index in [-0.39, 0.29) is 0 Å². The van der Waals surface area contributed by atoms with Crippen LogP contribution in [0.1, 0.15) is 16.7 Å². The lowest BCUT2D eigenvalue weighted by Gasteiger charge is -2.13. The number of methoxy groups -OCH3 is 1. The predicted octanol–water partition coefficient (Wildman–Crippen LogP) is 6.66. The third-order valence-electron chi connectivity index (χ3n) is 3.76. The second kappa shape index (κ2) is 7.69. The van der Waals surface area contributed by atoms with E-state index in [0.717, 1.165) is 37.5 Å². The number of benzene rings is 3. The first-order valence-corrected chi connectivity index (χ1v) is 8.71. The van der Waals surface area contributed by atoms with E-state index < -0.39 is 0 Å². The summed E-state index contributed by atoms with van der Waals surface area (Å²) in [7, 11) is 1.67. The number of halogens is 2. The fourth-order valence-electron chi connectivity index (χ4n) is 2.52. The van der Waals surface area contributed by atoms with Crippen molar-refractivity contribution in [2.24, 2.45) is 0 Å². The van der Waals surface area contributed by atoms with Crippen LogP contribution in [0.25, 0.3) is 10.1 Å². The standard InChI is InChI=1S/C21H16BrClO/c1-24-19-13-9-16(10-14-19)20(15-5-3-2-4-6-15)21(22)17-7-11-18(23)12-8-17/h2-14H,1H3/b21-20+. The highest BCUT2D eigenvalue weighted by atomic mass is 79.9. The molecule has 3 rings (SSSR count). The van der Waals surface area contributed by atoms with Gasteiger partial charge in [-0.05, 0) is 56.9 Å². The molecular formula is C21H16BrClO. The quantitative estimate of drug-likeness (QED) is 0.446. The molecule has 0 aromatic heterocycles. The van der Waals surface area contributed by atoms with Crippen LogP contribution in [0.2, 0.25) is 5.02 Å². The summed E-state index contributed by atoms with van der Waals surface area (Å²) in [5, 5.41) is 0.727. The van der Waals surface area contributed by atoms with Gasteiger partial charge in [0.15, 0.2) is 0 Å². The molecule has 0 saturated carbocycles. The Balaban J connectivity index is 2.17. The maximum atomic E-state index is 6.02. The molecule has 0 radical (unpaired) electrons. The van der Waals surface area contributed by atoms with Crippen molar-refractivity contribution in [1.82, 2.24) is 0 Å². The first-order valence-electron chi connectivity index (χ1n) is 7.54. The Kier molecular flexibility index (Phi) is 5.39. The minimum atomic E-state index is 0.727. The van der Waals surface area contributed by atoms with E-state index in [9.17, 15) is 0 Å². The highest BCUT2D eigenvalue weighted by Crippen LogP contribution is 2.36. The van der Waals surface area contributed by atoms with E-state index in [1.54, 1.807) is 7.11 Å². The van der Waals surface area contributed by atoms with Gasteiger partial charge in [-0.15, -0.1) is 0 Å². The average Bonchev–Trinajstić information content (AvgIpc) is 2.64. The third kappa shape index (κ3) is 3.72. The van der Waals surface area contributed by atoms with Gasteiger partial charge in [-0.3, -0.25) is 0 Å². The van der Waals surface area contributed by atoms with Crippen LogP contribution < -0.4 is 4.74 Å². The minimum Gasteiger partial charge on any atom is -0.497 e. The summed E-state index contributed by atoms with van der Waals surface area (Å²) >= 11 is 9.81. The average molecular weight is 400 g/mol. The monoisotopic (exact) mass is 398 g/mol. The van der Waals surface area contributed by atoms with E-state index in [1.807, 2.05) is 54.6 Å². The first-order chi connectivity index (χ1) is 11.7. The SMILES string of the molecule is COc1ccc(/C(=C(/Br)c2ccc(Cl)cc2)c2ccccc2)cc1. The third-order valence-corrected chi connectivity index (χ3v) is 4.86. The molecule has 3 heteroatoms. The summed E-state index contributed by atoms with van der Waals surface area (Å²) in [6.45, 7) is 0. The fraction of sp³-hybridized carbons (Fsp3) is 0.0476. The van der Waals surface area contributed by atoms with Crippen LogP contribution in [0.5, 0.6) is 5.75 Å². The molecule has 0 aliphatic carbocycles. The Hall–Kier alpha value is -2.03. The Morgan fingerprint density at radius 2 is 1.29 bits per heavy atom. The van der Waals surface area contributed by atoms with Crippen LogP contribution in [0.3, 0.4) is 0 Å². The van der Waals surface area contributed by atoms with E-state index >= 15 is 0 Å². The molecule has 0 N–H and O–H groups in total. The Bertz CT molecular complexity index is 837. The van der Waals surface area contributed by atoms with Crippen molar-refractivity contribution in [3.05, 3.63) is 101 Å². The second-order valence-corrected chi connectivity index (χ2v) is 6.52. The van der Waals surface area contributed by atoms with Gasteiger partial charge < -0.3 is 4.74 Å². The van der Waals surface area contributed by atoms with Crippen molar-refractivity contribution in [2.75, 3.05) is 7.11 Å². The van der Waals surface area contributed by atoms with Crippen molar-refractivity contribution < 1.29 is 4.74 Å². The van der Waals surface area contributed by atoms with Crippen molar-refractivity contribution in [3.63, 3.8) is 0 Å². The Labute approximate surface area is 155 Å². The van der Waals surface area contributed by atoms with Gasteiger partial charge in [0.05, 0.1) is 7.11 Å². The van der Waals surface area contributed by atoms with Crippen molar-refractivity contribution >= 4 is 37.6 Å². The van der Waals surface area contributed by atoms with Crippen LogP contribution in [0, 0.1) is 0 Å². The molecule has 3 aromatic carbocycles. The van der Waals surface area contributed by atoms with Gasteiger partial charge in [0, 0.05) is 15.1 Å². The second-order valence-electron chi connectivity index (χ2n) is 5.29. The van der Waals surface area contributed by atoms with Crippen molar-refractivity contribution in [3.8, 4) is 5.75 Å². The summed E-state index contributed by atoms with van der Waals surface area (Å²) < 4.78 is 6.29. The molecule has 0 aliphatic rings. The van der Waals surface area contributed by atoms with Crippen LogP contribution in [0.4, 0.5) is 0 Å². The van der Waals surface area contributed by atoms with E-state index in [1.165, 1.54) is 0 Å². The molecule has 3 aromatic rings. The highest BCUT2D eigenvalue weighted by molar-refractivity contribution is 9.15. The molecule has 0 aliphatic heterocycles. The molecule has 0 spiro atoms. The maximum absolute atomic E-state index is 6.02. The molecule has 0 amide bonds. The van der Waals surface area contributed by atoms with Gasteiger partial charge in [0.2, 0.25) is 0 Å². The molecule has 24 heavy (non-hydrogen) atoms. The van der Waals surface area contributed by atoms with Gasteiger partial charge >= 0.3 is 0 Å². The maximum Gasteiger partial charge on any atom is 0.118 e. The fourth-order valence-corrected chi connectivity index (χ4v) is 3.37. The normalized spacial score (nSPS) is 11.8. The predicted molar refractivity (Wildman–Crippen MR) is 106 cm³/mol. The summed E-state index contributed by atoms with van der Waals surface area (Å²) in [5.74, 6) is 0.841. The van der Waals surface area contributed by atoms with Crippen molar-refractivity contribution in [2.45, 2.75) is 0 Å². The van der Waals surface area contributed by atoms with Gasteiger partial charge in [-0.25, -0.2) is 0 Å². The number of hydrogen-bond donors (Lipinski definition) is 0. The van der Waals surface area contributed by atoms with Gasteiger partial charge in [-0.1, -0.05) is 66.2 Å². The number of ether oxygens (including phenoxy) is 1. The summed E-state index contributed by atoms with van der Waals surface area (Å²) in [6, 6.07) is 26.2. The Morgan fingerprint density at radius 1 is 0.750 bits per heavy atom. The van der Waals surface area contributed by atoms with Crippen LogP contribution in [0.15, 0.2) is 78.9 Å². The first kappa shape index (κ1) is 16.8. The van der Waals surface area contributed by atoms with Crippen molar-refractivity contribution in [1.29, 1.82) is 0 Å². The zero-order valence-corrected chi connectivity index (χ0v) is 15.5. The molecule has 0 atom stereocenters. The van der Waals surface area contributed by atoms with E-state index in [0.29, 0.717) is 0 Å². The molecule has 0 bridgehead atoms. The summed E-state index contributed by atoms with van der Waals surface area (Å²) in [5.41, 5.74) is 4.46. The topological polar surface area (TPSA) is 9.23 Å². The van der Waals surface area contributed by atoms with Crippen LogP contribution in [-0.2, 0) is 0 Å². The van der Waals surface area contributed by atoms with Crippen LogP contribution >= 0.6 is 27.5 Å². The number of rotatable bonds is 4. The molecule has 0 heterocycles. The molecule has 120 valence electrons. The molecule has 1 nitrogen and oxygen atoms in total. The van der Waals surface area contributed by atoms with Gasteiger partial charge in [-0.2, -0.15) is 0 Å². The lowest BCUT2D eigenvalue weighted by Crippen LogP contribution is -1.92. The smallest absolute Gasteiger partial charge is 0.118 e. The molecule has 0 fully saturated rings. The van der Waals surface area contributed by atoms with E-state index in [2.05, 4.69) is 40.2 Å². The van der Waals surface area contributed by atoms with E-state index in [4.69, 9.17) is 16.3 Å². The highest BCUT2D eigenvalue weighted by Gasteiger charge is 2.12. The summed E-state index contributed by atoms with van der Waals surface area (Å²) in [6.07, 6.45) is 0. The van der Waals surface area contributed by atoms with Gasteiger partial charge in [0.25, 0.3) is 0 Å².